The van der Waals surface area contributed by atoms with E-state index in [0.29, 0.717) is 17.8 Å². The van der Waals surface area contributed by atoms with Crippen LogP contribution in [0.1, 0.15) is 140 Å². The third kappa shape index (κ3) is 12.7. The van der Waals surface area contributed by atoms with Crippen molar-refractivity contribution in [3.05, 3.63) is 59.3 Å². The van der Waals surface area contributed by atoms with Crippen molar-refractivity contribution in [2.45, 2.75) is 152 Å². The van der Waals surface area contributed by atoms with Crippen LogP contribution < -0.4 is 0 Å². The molecule has 0 bridgehead atoms. The third-order valence-electron chi connectivity index (χ3n) is 10.3. The summed E-state index contributed by atoms with van der Waals surface area (Å²) in [6.45, 7) is 23.0. The van der Waals surface area contributed by atoms with E-state index < -0.39 is 0 Å². The molecule has 2 aliphatic carbocycles. The van der Waals surface area contributed by atoms with Crippen LogP contribution in [-0.2, 0) is 0 Å². The van der Waals surface area contributed by atoms with E-state index in [1.807, 2.05) is 6.08 Å². The van der Waals surface area contributed by atoms with Crippen molar-refractivity contribution in [1.82, 2.24) is 0 Å². The van der Waals surface area contributed by atoms with Gasteiger partial charge in [0.15, 0.2) is 0 Å². The quantitative estimate of drug-likeness (QED) is 0.178. The van der Waals surface area contributed by atoms with E-state index >= 15 is 0 Å². The van der Waals surface area contributed by atoms with Crippen LogP contribution in [0, 0.1) is 40.4 Å². The summed E-state index contributed by atoms with van der Waals surface area (Å²) in [4.78, 5) is 0. The minimum absolute atomic E-state index is 0.101. The van der Waals surface area contributed by atoms with E-state index in [9.17, 15) is 10.2 Å². The molecule has 0 spiro atoms. The monoisotopic (exact) mass is 581 g/mol. The minimum atomic E-state index is -0.302. The predicted molar refractivity (Wildman–Crippen MR) is 184 cm³/mol. The summed E-state index contributed by atoms with van der Waals surface area (Å²) in [5.74, 6) is 2.98. The number of rotatable bonds is 16. The summed E-state index contributed by atoms with van der Waals surface area (Å²) < 4.78 is 0. The van der Waals surface area contributed by atoms with Gasteiger partial charge in [-0.3, -0.25) is 0 Å². The van der Waals surface area contributed by atoms with Crippen LogP contribution in [0.5, 0.6) is 0 Å². The highest BCUT2D eigenvalue weighted by molar-refractivity contribution is 5.24. The summed E-state index contributed by atoms with van der Waals surface area (Å²) >= 11 is 0. The molecule has 2 rings (SSSR count). The molecule has 0 saturated carbocycles. The van der Waals surface area contributed by atoms with Crippen LogP contribution in [-0.4, -0.2) is 22.4 Å². The lowest BCUT2D eigenvalue weighted by Gasteiger charge is -2.38. The second kappa shape index (κ2) is 17.2. The van der Waals surface area contributed by atoms with Gasteiger partial charge in [-0.15, -0.1) is 0 Å². The predicted octanol–water partition coefficient (Wildman–Crippen LogP) is 11.2. The maximum absolute atomic E-state index is 10.2. The summed E-state index contributed by atoms with van der Waals surface area (Å²) in [6, 6.07) is 0. The highest BCUT2D eigenvalue weighted by atomic mass is 16.3. The zero-order valence-corrected chi connectivity index (χ0v) is 29.3. The average molecular weight is 581 g/mol. The molecular weight excluding hydrogens is 512 g/mol. The number of aliphatic hydroxyl groups excluding tert-OH is 2. The molecule has 42 heavy (non-hydrogen) atoms. The van der Waals surface area contributed by atoms with Gasteiger partial charge in [0.2, 0.25) is 0 Å². The van der Waals surface area contributed by atoms with E-state index in [1.165, 1.54) is 56.1 Å². The van der Waals surface area contributed by atoms with Gasteiger partial charge in [-0.25, -0.2) is 0 Å². The SMILES string of the molecule is CC1=C[C@H](O)CC(C)(C)[C@H]1/C=C/C(C)/C=C/CC(C)/C=C/CCC(C)CCCC(C)CCC1=C(C)C[C@H](O)CC1(C)C. The smallest absolute Gasteiger partial charge is 0.0729 e. The van der Waals surface area contributed by atoms with Crippen LogP contribution in [0.2, 0.25) is 0 Å². The molecule has 0 aromatic rings. The second-order valence-electron chi connectivity index (χ2n) is 15.9. The first-order valence-electron chi connectivity index (χ1n) is 17.4. The maximum Gasteiger partial charge on any atom is 0.0729 e. The van der Waals surface area contributed by atoms with Crippen molar-refractivity contribution in [1.29, 1.82) is 0 Å². The molecule has 240 valence electrons. The summed E-state index contributed by atoms with van der Waals surface area (Å²) in [5.41, 5.74) is 4.60. The molecular formula is C40H68O2. The fraction of sp³-hybridized carbons (Fsp3) is 0.750. The summed E-state index contributed by atoms with van der Waals surface area (Å²) in [7, 11) is 0. The molecule has 2 N–H and O–H groups in total. The lowest BCUT2D eigenvalue weighted by atomic mass is 9.67. The molecule has 0 fully saturated rings. The molecule has 0 radical (unpaired) electrons. The van der Waals surface area contributed by atoms with Crippen molar-refractivity contribution in [2.24, 2.45) is 40.4 Å². The number of hydrogen-bond donors (Lipinski definition) is 2. The van der Waals surface area contributed by atoms with Gasteiger partial charge in [0, 0.05) is 5.92 Å². The van der Waals surface area contributed by atoms with Gasteiger partial charge < -0.3 is 10.2 Å². The minimum Gasteiger partial charge on any atom is -0.393 e. The van der Waals surface area contributed by atoms with Crippen LogP contribution in [0.25, 0.3) is 0 Å². The van der Waals surface area contributed by atoms with Crippen LogP contribution >= 0.6 is 0 Å². The first kappa shape index (κ1) is 36.8. The van der Waals surface area contributed by atoms with E-state index in [0.717, 1.165) is 37.5 Å². The van der Waals surface area contributed by atoms with Crippen LogP contribution in [0.4, 0.5) is 0 Å². The van der Waals surface area contributed by atoms with Gasteiger partial charge in [0.25, 0.3) is 0 Å². The van der Waals surface area contributed by atoms with Crippen LogP contribution in [0.3, 0.4) is 0 Å². The molecule has 2 heteroatoms. The zero-order chi connectivity index (χ0) is 31.5. The lowest BCUT2D eigenvalue weighted by Crippen LogP contribution is -2.32. The Labute approximate surface area is 261 Å². The van der Waals surface area contributed by atoms with Crippen molar-refractivity contribution in [3.63, 3.8) is 0 Å². The first-order chi connectivity index (χ1) is 19.6. The van der Waals surface area contributed by atoms with Gasteiger partial charge >= 0.3 is 0 Å². The highest BCUT2D eigenvalue weighted by Gasteiger charge is 2.34. The number of hydrogen-bond acceptors (Lipinski definition) is 2. The Morgan fingerprint density at radius 3 is 2.17 bits per heavy atom. The molecule has 0 aromatic carbocycles. The van der Waals surface area contributed by atoms with Crippen LogP contribution in [0.15, 0.2) is 59.3 Å². The molecule has 2 aliphatic rings. The summed E-state index contributed by atoms with van der Waals surface area (Å²) in [6.07, 6.45) is 28.5. The van der Waals surface area contributed by atoms with Gasteiger partial charge in [-0.05, 0) is 99.7 Å². The van der Waals surface area contributed by atoms with Crippen molar-refractivity contribution < 1.29 is 10.2 Å². The molecule has 0 amide bonds. The molecule has 2 nitrogen and oxygen atoms in total. The largest absolute Gasteiger partial charge is 0.393 e. The Morgan fingerprint density at radius 1 is 0.857 bits per heavy atom. The van der Waals surface area contributed by atoms with E-state index in [2.05, 4.69) is 106 Å². The molecule has 7 atom stereocenters. The Morgan fingerprint density at radius 2 is 1.52 bits per heavy atom. The molecule has 0 aliphatic heterocycles. The zero-order valence-electron chi connectivity index (χ0n) is 29.3. The standard InChI is InChI=1S/C40H68O2/c1-29(17-13-19-31(3)21-23-37-33(5)25-35(41)27-39(37,7)8)15-11-12-16-30(2)18-14-20-32(4)22-24-38-34(6)26-36(42)28-40(38,9)10/h11,13,15,19,21,23,25,29-32,35-37,41-42H,12,14,16-18,20,22,24,26-28H2,1-10H3/b15-11+,19-13+,23-21+/t29?,30?,31?,32?,35-,36-,37-/m0/s1. The van der Waals surface area contributed by atoms with Gasteiger partial charge in [-0.2, -0.15) is 0 Å². The van der Waals surface area contributed by atoms with Crippen molar-refractivity contribution in [2.75, 3.05) is 0 Å². The maximum atomic E-state index is 10.2. The second-order valence-corrected chi connectivity index (χ2v) is 15.9. The topological polar surface area (TPSA) is 40.5 Å². The number of allylic oxidation sites excluding steroid dienone is 8. The Hall–Kier alpha value is -1.38. The Balaban J connectivity index is 1.61. The lowest BCUT2D eigenvalue weighted by molar-refractivity contribution is 0.112. The fourth-order valence-electron chi connectivity index (χ4n) is 7.69. The van der Waals surface area contributed by atoms with Crippen molar-refractivity contribution in [3.8, 4) is 0 Å². The van der Waals surface area contributed by atoms with Gasteiger partial charge in [0.05, 0.1) is 12.2 Å². The molecule has 0 saturated heterocycles. The Bertz CT molecular complexity index is 958. The van der Waals surface area contributed by atoms with E-state index in [1.54, 1.807) is 5.57 Å². The average Bonchev–Trinajstić information content (AvgIpc) is 2.84. The van der Waals surface area contributed by atoms with Gasteiger partial charge in [0.1, 0.15) is 0 Å². The fourth-order valence-corrected chi connectivity index (χ4v) is 7.69. The molecule has 0 heterocycles. The normalized spacial score (nSPS) is 27.5. The molecule has 0 aromatic heterocycles. The molecule has 4 unspecified atom stereocenters. The summed E-state index contributed by atoms with van der Waals surface area (Å²) in [5, 5.41) is 20.2. The van der Waals surface area contributed by atoms with Gasteiger partial charge in [-0.1, -0.05) is 134 Å². The van der Waals surface area contributed by atoms with Crippen molar-refractivity contribution >= 4 is 0 Å². The first-order valence-corrected chi connectivity index (χ1v) is 17.4. The Kier molecular flexibility index (Phi) is 15.1. The van der Waals surface area contributed by atoms with E-state index in [-0.39, 0.29) is 23.0 Å². The van der Waals surface area contributed by atoms with E-state index in [4.69, 9.17) is 0 Å². The number of aliphatic hydroxyl groups is 2. The highest BCUT2D eigenvalue weighted by Crippen LogP contribution is 2.43. The third-order valence-corrected chi connectivity index (χ3v) is 10.3.